The van der Waals surface area contributed by atoms with Crippen LogP contribution >= 0.6 is 0 Å². The van der Waals surface area contributed by atoms with E-state index in [4.69, 9.17) is 5.73 Å². The number of halogens is 3. The standard InChI is InChI=1S/C14H17F3N2O/c15-11-5-10(6-12(16)13(11)17)19-14(20)9-3-1-8(7-18)2-4-9/h5-6,8-9H,1-4,7,18H2,(H,19,20). The number of carbonyl (C=O) groups excluding carboxylic acids is 1. The molecule has 0 heterocycles. The van der Waals surface area contributed by atoms with Crippen LogP contribution in [0.2, 0.25) is 0 Å². The van der Waals surface area contributed by atoms with Crippen LogP contribution in [0.3, 0.4) is 0 Å². The molecule has 0 spiro atoms. The molecule has 0 aliphatic heterocycles. The largest absolute Gasteiger partial charge is 0.330 e. The minimum absolute atomic E-state index is 0.0626. The quantitative estimate of drug-likeness (QED) is 0.839. The summed E-state index contributed by atoms with van der Waals surface area (Å²) in [4.78, 5) is 12.0. The zero-order valence-electron chi connectivity index (χ0n) is 11.0. The van der Waals surface area contributed by atoms with E-state index in [9.17, 15) is 18.0 Å². The highest BCUT2D eigenvalue weighted by atomic mass is 19.2. The minimum atomic E-state index is -1.54. The number of hydrogen-bond donors (Lipinski definition) is 2. The first kappa shape index (κ1) is 14.8. The summed E-state index contributed by atoms with van der Waals surface area (Å²) in [5.41, 5.74) is 5.51. The lowest BCUT2D eigenvalue weighted by molar-refractivity contribution is -0.121. The van der Waals surface area contributed by atoms with E-state index >= 15 is 0 Å². The van der Waals surface area contributed by atoms with Crippen molar-refractivity contribution < 1.29 is 18.0 Å². The number of carbonyl (C=O) groups is 1. The normalized spacial score (nSPS) is 22.6. The third-order valence-corrected chi connectivity index (χ3v) is 3.80. The van der Waals surface area contributed by atoms with Gasteiger partial charge < -0.3 is 11.1 Å². The van der Waals surface area contributed by atoms with Crippen molar-refractivity contribution in [1.82, 2.24) is 0 Å². The average molecular weight is 286 g/mol. The fourth-order valence-corrected chi connectivity index (χ4v) is 2.53. The summed E-state index contributed by atoms with van der Waals surface area (Å²) in [6.07, 6.45) is 3.17. The van der Waals surface area contributed by atoms with Gasteiger partial charge in [0.05, 0.1) is 0 Å². The van der Waals surface area contributed by atoms with Crippen molar-refractivity contribution >= 4 is 11.6 Å². The molecule has 3 N–H and O–H groups in total. The van der Waals surface area contributed by atoms with Crippen molar-refractivity contribution in [3.05, 3.63) is 29.6 Å². The Bertz CT molecular complexity index is 476. The number of amides is 1. The van der Waals surface area contributed by atoms with E-state index < -0.39 is 17.5 Å². The Morgan fingerprint density at radius 3 is 2.20 bits per heavy atom. The highest BCUT2D eigenvalue weighted by Gasteiger charge is 2.26. The van der Waals surface area contributed by atoms with Crippen LogP contribution in [0.5, 0.6) is 0 Å². The summed E-state index contributed by atoms with van der Waals surface area (Å²) >= 11 is 0. The number of benzene rings is 1. The molecular weight excluding hydrogens is 269 g/mol. The molecule has 1 aliphatic rings. The van der Waals surface area contributed by atoms with Crippen molar-refractivity contribution in [3.8, 4) is 0 Å². The molecule has 1 aliphatic carbocycles. The SMILES string of the molecule is NCC1CCC(C(=O)Nc2cc(F)c(F)c(F)c2)CC1. The fourth-order valence-electron chi connectivity index (χ4n) is 2.53. The van der Waals surface area contributed by atoms with Gasteiger partial charge in [-0.3, -0.25) is 4.79 Å². The van der Waals surface area contributed by atoms with Gasteiger partial charge in [-0.15, -0.1) is 0 Å². The molecule has 1 aromatic rings. The fraction of sp³-hybridized carbons (Fsp3) is 0.500. The first-order valence-electron chi connectivity index (χ1n) is 6.66. The van der Waals surface area contributed by atoms with Gasteiger partial charge >= 0.3 is 0 Å². The van der Waals surface area contributed by atoms with Crippen LogP contribution in [0.4, 0.5) is 18.9 Å². The highest BCUT2D eigenvalue weighted by molar-refractivity contribution is 5.92. The van der Waals surface area contributed by atoms with E-state index in [-0.39, 0.29) is 17.5 Å². The molecule has 0 saturated heterocycles. The van der Waals surface area contributed by atoms with Crippen LogP contribution in [-0.2, 0) is 4.79 Å². The van der Waals surface area contributed by atoms with Crippen LogP contribution in [0.25, 0.3) is 0 Å². The zero-order valence-corrected chi connectivity index (χ0v) is 11.0. The van der Waals surface area contributed by atoms with Crippen LogP contribution in [0.1, 0.15) is 25.7 Å². The van der Waals surface area contributed by atoms with E-state index in [0.717, 1.165) is 25.0 Å². The molecule has 0 bridgehead atoms. The predicted octanol–water partition coefficient (Wildman–Crippen LogP) is 2.81. The van der Waals surface area contributed by atoms with E-state index in [1.807, 2.05) is 0 Å². The minimum Gasteiger partial charge on any atom is -0.330 e. The predicted molar refractivity (Wildman–Crippen MR) is 69.4 cm³/mol. The Morgan fingerprint density at radius 1 is 1.15 bits per heavy atom. The maximum Gasteiger partial charge on any atom is 0.227 e. The molecule has 1 fully saturated rings. The molecule has 1 saturated carbocycles. The van der Waals surface area contributed by atoms with E-state index in [2.05, 4.69) is 5.32 Å². The van der Waals surface area contributed by atoms with Crippen LogP contribution < -0.4 is 11.1 Å². The molecule has 20 heavy (non-hydrogen) atoms. The number of nitrogens with one attached hydrogen (secondary N) is 1. The lowest BCUT2D eigenvalue weighted by Crippen LogP contribution is -2.29. The van der Waals surface area contributed by atoms with Gasteiger partial charge in [0.2, 0.25) is 5.91 Å². The number of anilines is 1. The van der Waals surface area contributed by atoms with Crippen molar-refractivity contribution in [2.75, 3.05) is 11.9 Å². The zero-order chi connectivity index (χ0) is 14.7. The molecule has 1 aromatic carbocycles. The van der Waals surface area contributed by atoms with Gasteiger partial charge in [-0.2, -0.15) is 0 Å². The average Bonchev–Trinajstić information content (AvgIpc) is 2.44. The topological polar surface area (TPSA) is 55.1 Å². The summed E-state index contributed by atoms with van der Waals surface area (Å²) in [7, 11) is 0. The lowest BCUT2D eigenvalue weighted by Gasteiger charge is -2.26. The van der Waals surface area contributed by atoms with E-state index in [1.54, 1.807) is 0 Å². The van der Waals surface area contributed by atoms with Crippen molar-refractivity contribution in [2.45, 2.75) is 25.7 Å². The van der Waals surface area contributed by atoms with Gasteiger partial charge in [-0.05, 0) is 38.1 Å². The molecule has 0 unspecified atom stereocenters. The van der Waals surface area contributed by atoms with E-state index in [1.165, 1.54) is 0 Å². The Balaban J connectivity index is 1.98. The summed E-state index contributed by atoms with van der Waals surface area (Å²) in [5.74, 6) is -4.19. The Morgan fingerprint density at radius 2 is 1.70 bits per heavy atom. The monoisotopic (exact) mass is 286 g/mol. The molecule has 110 valence electrons. The van der Waals surface area contributed by atoms with Crippen LogP contribution in [-0.4, -0.2) is 12.5 Å². The Hall–Kier alpha value is -1.56. The molecule has 0 atom stereocenters. The second kappa shape index (κ2) is 6.26. The third-order valence-electron chi connectivity index (χ3n) is 3.80. The number of nitrogens with two attached hydrogens (primary N) is 1. The summed E-state index contributed by atoms with van der Waals surface area (Å²) in [6.45, 7) is 0.614. The third kappa shape index (κ3) is 3.30. The Labute approximate surface area is 115 Å². The number of rotatable bonds is 3. The Kier molecular flexibility index (Phi) is 4.65. The van der Waals surface area contributed by atoms with Gasteiger partial charge in [0.1, 0.15) is 0 Å². The smallest absolute Gasteiger partial charge is 0.227 e. The van der Waals surface area contributed by atoms with Gasteiger partial charge in [-0.25, -0.2) is 13.2 Å². The molecule has 3 nitrogen and oxygen atoms in total. The highest BCUT2D eigenvalue weighted by Crippen LogP contribution is 2.29. The summed E-state index contributed by atoms with van der Waals surface area (Å²) in [5, 5.41) is 2.44. The molecular formula is C14H17F3N2O. The molecule has 6 heteroatoms. The van der Waals surface area contributed by atoms with Crippen LogP contribution in [0.15, 0.2) is 12.1 Å². The van der Waals surface area contributed by atoms with Gasteiger partial charge in [0.15, 0.2) is 17.5 Å². The second-order valence-corrected chi connectivity index (χ2v) is 5.20. The van der Waals surface area contributed by atoms with Gasteiger partial charge in [0, 0.05) is 23.7 Å². The van der Waals surface area contributed by atoms with Crippen molar-refractivity contribution in [2.24, 2.45) is 17.6 Å². The van der Waals surface area contributed by atoms with Crippen LogP contribution in [0, 0.1) is 29.3 Å². The van der Waals surface area contributed by atoms with Gasteiger partial charge in [-0.1, -0.05) is 0 Å². The molecule has 0 radical (unpaired) electrons. The molecule has 0 aromatic heterocycles. The molecule has 1 amide bonds. The number of hydrogen-bond acceptors (Lipinski definition) is 2. The lowest BCUT2D eigenvalue weighted by atomic mass is 9.81. The summed E-state index contributed by atoms with van der Waals surface area (Å²) in [6, 6.07) is 1.56. The maximum atomic E-state index is 13.0. The van der Waals surface area contributed by atoms with Crippen molar-refractivity contribution in [3.63, 3.8) is 0 Å². The first-order valence-corrected chi connectivity index (χ1v) is 6.66. The molecule has 2 rings (SSSR count). The second-order valence-electron chi connectivity index (χ2n) is 5.20. The summed E-state index contributed by atoms with van der Waals surface area (Å²) < 4.78 is 38.9. The van der Waals surface area contributed by atoms with Crippen molar-refractivity contribution in [1.29, 1.82) is 0 Å². The van der Waals surface area contributed by atoms with Gasteiger partial charge in [0.25, 0.3) is 0 Å². The van der Waals surface area contributed by atoms with E-state index in [0.29, 0.717) is 25.3 Å². The maximum absolute atomic E-state index is 13.0. The first-order chi connectivity index (χ1) is 9.51.